The first-order valence-corrected chi connectivity index (χ1v) is 6.03. The highest BCUT2D eigenvalue weighted by molar-refractivity contribution is 6.00. The molecular formula is C14H12F2N2O3. The second-order valence-corrected chi connectivity index (χ2v) is 4.52. The van der Waals surface area contributed by atoms with E-state index in [9.17, 15) is 18.4 Å². The van der Waals surface area contributed by atoms with E-state index in [1.165, 1.54) is 12.1 Å². The Morgan fingerprint density at radius 2 is 1.95 bits per heavy atom. The van der Waals surface area contributed by atoms with Crippen molar-refractivity contribution in [1.29, 1.82) is 0 Å². The fourth-order valence-corrected chi connectivity index (χ4v) is 1.89. The number of halogens is 2. The van der Waals surface area contributed by atoms with Crippen LogP contribution in [0.25, 0.3) is 0 Å². The number of anilines is 1. The molecule has 1 amide bonds. The molecule has 3 N–H and O–H groups in total. The number of carboxylic acids is 1. The topological polar surface area (TPSA) is 82.2 Å². The van der Waals surface area contributed by atoms with Crippen molar-refractivity contribution in [1.82, 2.24) is 4.98 Å². The van der Waals surface area contributed by atoms with Crippen LogP contribution < -0.4 is 5.32 Å². The maximum absolute atomic E-state index is 13.0. The summed E-state index contributed by atoms with van der Waals surface area (Å²) in [5, 5.41) is 11.4. The summed E-state index contributed by atoms with van der Waals surface area (Å²) in [7, 11) is 0. The molecule has 2 aromatic rings. The number of benzene rings is 1. The molecule has 0 aliphatic carbocycles. The molecular weight excluding hydrogens is 282 g/mol. The zero-order valence-electron chi connectivity index (χ0n) is 11.0. The molecule has 0 bridgehead atoms. The van der Waals surface area contributed by atoms with Crippen LogP contribution in [0.3, 0.4) is 0 Å². The highest BCUT2D eigenvalue weighted by atomic mass is 19.2. The smallest absolute Gasteiger partial charge is 0.354 e. The molecule has 0 aliphatic rings. The lowest BCUT2D eigenvalue weighted by molar-refractivity contribution is -0.115. The van der Waals surface area contributed by atoms with E-state index in [4.69, 9.17) is 5.11 Å². The van der Waals surface area contributed by atoms with E-state index in [0.717, 1.165) is 12.1 Å². The number of rotatable bonds is 4. The van der Waals surface area contributed by atoms with Crippen molar-refractivity contribution in [3.63, 3.8) is 0 Å². The molecule has 0 fully saturated rings. The molecule has 0 saturated heterocycles. The van der Waals surface area contributed by atoms with Gasteiger partial charge in [-0.25, -0.2) is 13.6 Å². The van der Waals surface area contributed by atoms with E-state index in [-0.39, 0.29) is 23.4 Å². The Morgan fingerprint density at radius 1 is 1.24 bits per heavy atom. The first-order chi connectivity index (χ1) is 9.86. The van der Waals surface area contributed by atoms with Gasteiger partial charge in [0.2, 0.25) is 5.91 Å². The van der Waals surface area contributed by atoms with Gasteiger partial charge in [-0.05, 0) is 30.7 Å². The van der Waals surface area contributed by atoms with E-state index >= 15 is 0 Å². The first kappa shape index (κ1) is 14.7. The molecule has 5 nitrogen and oxygen atoms in total. The Labute approximate surface area is 118 Å². The maximum Gasteiger partial charge on any atom is 0.354 e. The van der Waals surface area contributed by atoms with Gasteiger partial charge in [0.1, 0.15) is 5.69 Å². The van der Waals surface area contributed by atoms with E-state index < -0.39 is 23.5 Å². The fourth-order valence-electron chi connectivity index (χ4n) is 1.89. The summed E-state index contributed by atoms with van der Waals surface area (Å²) in [6.07, 6.45) is -0.194. The summed E-state index contributed by atoms with van der Waals surface area (Å²) in [6.45, 7) is 1.65. The Kier molecular flexibility index (Phi) is 4.02. The van der Waals surface area contributed by atoms with Crippen LogP contribution in [0.2, 0.25) is 0 Å². The van der Waals surface area contributed by atoms with Crippen LogP contribution in [0.15, 0.2) is 24.3 Å². The van der Waals surface area contributed by atoms with Gasteiger partial charge in [-0.1, -0.05) is 6.07 Å². The number of aryl methyl sites for hydroxylation is 1. The summed E-state index contributed by atoms with van der Waals surface area (Å²) in [6, 6.07) is 4.63. The largest absolute Gasteiger partial charge is 0.477 e. The quantitative estimate of drug-likeness (QED) is 0.810. The standard InChI is InChI=1S/C14H12F2N2O3/c1-7-4-11(13(17-7)14(20)21)18-12(19)6-8-2-3-9(15)10(16)5-8/h2-5,17H,6H2,1H3,(H,18,19)(H,20,21). The van der Waals surface area contributed by atoms with Crippen LogP contribution in [0, 0.1) is 18.6 Å². The van der Waals surface area contributed by atoms with Crippen LogP contribution in [0.5, 0.6) is 0 Å². The van der Waals surface area contributed by atoms with Crippen molar-refractivity contribution in [2.75, 3.05) is 5.32 Å². The zero-order chi connectivity index (χ0) is 15.6. The van der Waals surface area contributed by atoms with Crippen molar-refractivity contribution >= 4 is 17.6 Å². The Balaban J connectivity index is 2.11. The summed E-state index contributed by atoms with van der Waals surface area (Å²) >= 11 is 0. The lowest BCUT2D eigenvalue weighted by atomic mass is 10.1. The maximum atomic E-state index is 13.0. The third-order valence-corrected chi connectivity index (χ3v) is 2.79. The minimum Gasteiger partial charge on any atom is -0.477 e. The number of aromatic nitrogens is 1. The number of H-pyrrole nitrogens is 1. The SMILES string of the molecule is Cc1cc(NC(=O)Cc2ccc(F)c(F)c2)c(C(=O)O)[nH]1. The summed E-state index contributed by atoms with van der Waals surface area (Å²) in [5.41, 5.74) is 0.866. The molecule has 2 rings (SSSR count). The third kappa shape index (κ3) is 3.44. The van der Waals surface area contributed by atoms with Crippen molar-refractivity contribution in [3.8, 4) is 0 Å². The van der Waals surface area contributed by atoms with Crippen molar-refractivity contribution in [3.05, 3.63) is 52.9 Å². The molecule has 0 spiro atoms. The predicted molar refractivity (Wildman–Crippen MR) is 71.2 cm³/mol. The minimum absolute atomic E-state index is 0.132. The Bertz CT molecular complexity index is 710. The Morgan fingerprint density at radius 3 is 2.57 bits per heavy atom. The van der Waals surface area contributed by atoms with Crippen LogP contribution >= 0.6 is 0 Å². The number of aromatic amines is 1. The monoisotopic (exact) mass is 294 g/mol. The number of hydrogen-bond donors (Lipinski definition) is 3. The van der Waals surface area contributed by atoms with Crippen LogP contribution in [0.1, 0.15) is 21.7 Å². The first-order valence-electron chi connectivity index (χ1n) is 6.03. The number of hydrogen-bond acceptors (Lipinski definition) is 2. The number of nitrogens with one attached hydrogen (secondary N) is 2. The molecule has 0 unspecified atom stereocenters. The van der Waals surface area contributed by atoms with Gasteiger partial charge in [-0.3, -0.25) is 4.79 Å². The highest BCUT2D eigenvalue weighted by Crippen LogP contribution is 2.17. The molecule has 1 heterocycles. The van der Waals surface area contributed by atoms with Gasteiger partial charge in [0.15, 0.2) is 11.6 Å². The van der Waals surface area contributed by atoms with E-state index in [0.29, 0.717) is 5.69 Å². The van der Waals surface area contributed by atoms with Crippen molar-refractivity contribution in [2.45, 2.75) is 13.3 Å². The van der Waals surface area contributed by atoms with E-state index in [1.54, 1.807) is 6.92 Å². The molecule has 110 valence electrons. The van der Waals surface area contributed by atoms with Gasteiger partial charge < -0.3 is 15.4 Å². The molecule has 7 heteroatoms. The predicted octanol–water partition coefficient (Wildman–Crippen LogP) is 2.48. The molecule has 21 heavy (non-hydrogen) atoms. The fraction of sp³-hybridized carbons (Fsp3) is 0.143. The second kappa shape index (κ2) is 5.74. The van der Waals surface area contributed by atoms with Crippen LogP contribution in [0.4, 0.5) is 14.5 Å². The van der Waals surface area contributed by atoms with Crippen LogP contribution in [-0.2, 0) is 11.2 Å². The number of carbonyl (C=O) groups excluding carboxylic acids is 1. The minimum atomic E-state index is -1.20. The van der Waals surface area contributed by atoms with Gasteiger partial charge >= 0.3 is 5.97 Å². The summed E-state index contributed by atoms with van der Waals surface area (Å²) < 4.78 is 25.8. The van der Waals surface area contributed by atoms with Crippen molar-refractivity contribution < 1.29 is 23.5 Å². The van der Waals surface area contributed by atoms with Gasteiger partial charge in [-0.15, -0.1) is 0 Å². The summed E-state index contributed by atoms with van der Waals surface area (Å²) in [4.78, 5) is 25.4. The Hall–Kier alpha value is -2.70. The molecule has 0 saturated carbocycles. The van der Waals surface area contributed by atoms with E-state index in [1.807, 2.05) is 0 Å². The van der Waals surface area contributed by atoms with Crippen molar-refractivity contribution in [2.24, 2.45) is 0 Å². The van der Waals surface area contributed by atoms with Gasteiger partial charge in [-0.2, -0.15) is 0 Å². The molecule has 0 aliphatic heterocycles. The van der Waals surface area contributed by atoms with Gasteiger partial charge in [0, 0.05) is 5.69 Å². The third-order valence-electron chi connectivity index (χ3n) is 2.79. The highest BCUT2D eigenvalue weighted by Gasteiger charge is 2.16. The second-order valence-electron chi connectivity index (χ2n) is 4.52. The van der Waals surface area contributed by atoms with Gasteiger partial charge in [0.05, 0.1) is 12.1 Å². The van der Waals surface area contributed by atoms with Crippen LogP contribution in [-0.4, -0.2) is 22.0 Å². The molecule has 1 aromatic carbocycles. The lowest BCUT2D eigenvalue weighted by Gasteiger charge is -2.05. The number of amides is 1. The van der Waals surface area contributed by atoms with Gasteiger partial charge in [0.25, 0.3) is 0 Å². The number of carbonyl (C=O) groups is 2. The van der Waals surface area contributed by atoms with E-state index in [2.05, 4.69) is 10.3 Å². The average molecular weight is 294 g/mol. The summed E-state index contributed by atoms with van der Waals surface area (Å²) in [5.74, 6) is -3.76. The molecule has 0 radical (unpaired) electrons. The average Bonchev–Trinajstić information content (AvgIpc) is 2.75. The molecule has 1 aromatic heterocycles. The number of carboxylic acid groups (broad SMARTS) is 1. The zero-order valence-corrected chi connectivity index (χ0v) is 11.0. The normalized spacial score (nSPS) is 10.4. The lowest BCUT2D eigenvalue weighted by Crippen LogP contribution is -2.16. The molecule has 0 atom stereocenters. The number of aromatic carboxylic acids is 1.